The van der Waals surface area contributed by atoms with Gasteiger partial charge in [0.1, 0.15) is 5.01 Å². The zero-order chi connectivity index (χ0) is 23.0. The first-order chi connectivity index (χ1) is 15.4. The molecular weight excluding hydrogens is 435 g/mol. The number of unbranched alkanes of at least 4 members (excludes halogenated alkanes) is 5. The highest BCUT2D eigenvalue weighted by Gasteiger charge is 2.30. The number of hydrogen-bond acceptors (Lipinski definition) is 6. The van der Waals surface area contributed by atoms with Crippen LogP contribution in [0, 0.1) is 6.92 Å². The summed E-state index contributed by atoms with van der Waals surface area (Å²) in [5, 5.41) is 3.93. The largest absolute Gasteiger partial charge is 0.416 e. The van der Waals surface area contributed by atoms with E-state index in [4.69, 9.17) is 5.73 Å². The van der Waals surface area contributed by atoms with Gasteiger partial charge in [-0.2, -0.15) is 13.2 Å². The summed E-state index contributed by atoms with van der Waals surface area (Å²) >= 11 is 1.41. The molecule has 0 aliphatic heterocycles. The lowest BCUT2D eigenvalue weighted by Crippen LogP contribution is -2.05. The maximum absolute atomic E-state index is 12.8. The maximum atomic E-state index is 12.8. The van der Waals surface area contributed by atoms with Crippen LogP contribution < -0.4 is 11.1 Å². The van der Waals surface area contributed by atoms with Crippen LogP contribution in [0.25, 0.3) is 21.1 Å². The molecule has 0 amide bonds. The van der Waals surface area contributed by atoms with Gasteiger partial charge in [-0.3, -0.25) is 0 Å². The minimum atomic E-state index is -4.35. The van der Waals surface area contributed by atoms with Gasteiger partial charge in [-0.25, -0.2) is 15.0 Å². The molecular formula is C23H28F3N5S. The van der Waals surface area contributed by atoms with Gasteiger partial charge in [-0.1, -0.05) is 37.8 Å². The van der Waals surface area contributed by atoms with Crippen LogP contribution in [-0.2, 0) is 6.18 Å². The summed E-state index contributed by atoms with van der Waals surface area (Å²) < 4.78 is 38.4. The summed E-state index contributed by atoms with van der Waals surface area (Å²) in [4.78, 5) is 14.3. The van der Waals surface area contributed by atoms with Gasteiger partial charge in [-0.15, -0.1) is 11.3 Å². The monoisotopic (exact) mass is 463 g/mol. The van der Waals surface area contributed by atoms with E-state index in [1.54, 1.807) is 6.20 Å². The number of anilines is 1. The maximum Gasteiger partial charge on any atom is 0.416 e. The number of aryl methyl sites for hydroxylation is 1. The number of nitrogens with zero attached hydrogens (tertiary/aromatic N) is 3. The van der Waals surface area contributed by atoms with Gasteiger partial charge in [0.25, 0.3) is 0 Å². The van der Waals surface area contributed by atoms with E-state index in [-0.39, 0.29) is 0 Å². The van der Waals surface area contributed by atoms with Crippen LogP contribution in [0.3, 0.4) is 0 Å². The second-order valence-corrected chi connectivity index (χ2v) is 8.61. The summed E-state index contributed by atoms with van der Waals surface area (Å²) in [5.41, 5.74) is 7.02. The minimum absolute atomic E-state index is 0.564. The van der Waals surface area contributed by atoms with E-state index in [0.717, 1.165) is 60.7 Å². The summed E-state index contributed by atoms with van der Waals surface area (Å²) in [6.07, 6.45) is 4.26. The topological polar surface area (TPSA) is 76.7 Å². The number of halogens is 3. The Morgan fingerprint density at radius 3 is 2.31 bits per heavy atom. The van der Waals surface area contributed by atoms with Crippen molar-refractivity contribution >= 4 is 17.3 Å². The Bertz CT molecular complexity index is 986. The van der Waals surface area contributed by atoms with Crippen molar-refractivity contribution in [3.8, 4) is 21.1 Å². The third-order valence-corrected chi connectivity index (χ3v) is 6.29. The van der Waals surface area contributed by atoms with Crippen molar-refractivity contribution in [2.75, 3.05) is 18.4 Å². The van der Waals surface area contributed by atoms with Crippen molar-refractivity contribution in [2.45, 2.75) is 51.6 Å². The third-order valence-electron chi connectivity index (χ3n) is 5.06. The SMILES string of the molecule is Cc1nc(-c2ccc(C(F)(F)F)cc2)sc1-c1ccnc(NCCCCCCCCN)n1. The van der Waals surface area contributed by atoms with Gasteiger partial charge < -0.3 is 11.1 Å². The van der Waals surface area contributed by atoms with E-state index in [0.29, 0.717) is 16.5 Å². The summed E-state index contributed by atoms with van der Waals surface area (Å²) in [6, 6.07) is 6.88. The quantitative estimate of drug-likeness (QED) is 0.326. The molecule has 172 valence electrons. The molecule has 5 nitrogen and oxygen atoms in total. The van der Waals surface area contributed by atoms with E-state index in [2.05, 4.69) is 20.3 Å². The zero-order valence-corrected chi connectivity index (χ0v) is 18.9. The van der Waals surface area contributed by atoms with Crippen LogP contribution in [-0.4, -0.2) is 28.0 Å². The predicted molar refractivity (Wildman–Crippen MR) is 124 cm³/mol. The molecule has 0 radical (unpaired) electrons. The van der Waals surface area contributed by atoms with E-state index >= 15 is 0 Å². The Kier molecular flexibility index (Phi) is 8.58. The number of nitrogens with two attached hydrogens (primary N) is 1. The second kappa shape index (κ2) is 11.4. The molecule has 1 aromatic carbocycles. The van der Waals surface area contributed by atoms with Gasteiger partial charge in [-0.05, 0) is 44.5 Å². The number of alkyl halides is 3. The smallest absolute Gasteiger partial charge is 0.354 e. The number of hydrogen-bond donors (Lipinski definition) is 2. The number of thiazole rings is 1. The lowest BCUT2D eigenvalue weighted by atomic mass is 10.1. The molecule has 0 unspecified atom stereocenters. The van der Waals surface area contributed by atoms with E-state index in [1.165, 1.54) is 42.7 Å². The minimum Gasteiger partial charge on any atom is -0.354 e. The van der Waals surface area contributed by atoms with Crippen molar-refractivity contribution in [1.82, 2.24) is 15.0 Å². The summed E-state index contributed by atoms with van der Waals surface area (Å²) in [7, 11) is 0. The molecule has 3 N–H and O–H groups in total. The first-order valence-corrected chi connectivity index (χ1v) is 11.6. The highest BCUT2D eigenvalue weighted by Crippen LogP contribution is 2.36. The highest BCUT2D eigenvalue weighted by atomic mass is 32.1. The second-order valence-electron chi connectivity index (χ2n) is 7.61. The van der Waals surface area contributed by atoms with Crippen LogP contribution in [0.1, 0.15) is 49.8 Å². The molecule has 3 rings (SSSR count). The standard InChI is InChI=1S/C23H28F3N5S/c1-16-20(32-21(30-16)17-8-10-18(11-9-17)23(24,25)26)19-12-15-29-22(31-19)28-14-7-5-3-2-4-6-13-27/h8-12,15H,2-7,13-14,27H2,1H3,(H,28,29,31). The summed E-state index contributed by atoms with van der Waals surface area (Å²) in [5.74, 6) is 0.564. The van der Waals surface area contributed by atoms with Crippen LogP contribution in [0.4, 0.5) is 19.1 Å². The van der Waals surface area contributed by atoms with Crippen molar-refractivity contribution in [1.29, 1.82) is 0 Å². The molecule has 0 bridgehead atoms. The van der Waals surface area contributed by atoms with Gasteiger partial charge in [0.05, 0.1) is 21.8 Å². The molecule has 0 saturated heterocycles. The average Bonchev–Trinajstić information content (AvgIpc) is 3.17. The van der Waals surface area contributed by atoms with E-state index in [9.17, 15) is 13.2 Å². The molecule has 0 saturated carbocycles. The number of aromatic nitrogens is 3. The molecule has 0 atom stereocenters. The molecule has 0 aliphatic carbocycles. The van der Waals surface area contributed by atoms with Gasteiger partial charge in [0, 0.05) is 18.3 Å². The van der Waals surface area contributed by atoms with Crippen molar-refractivity contribution in [2.24, 2.45) is 5.73 Å². The number of rotatable bonds is 11. The van der Waals surface area contributed by atoms with E-state index < -0.39 is 11.7 Å². The van der Waals surface area contributed by atoms with Crippen LogP contribution in [0.5, 0.6) is 0 Å². The molecule has 2 aromatic heterocycles. The fourth-order valence-electron chi connectivity index (χ4n) is 3.31. The van der Waals surface area contributed by atoms with Crippen LogP contribution >= 0.6 is 11.3 Å². The Hall–Kier alpha value is -2.52. The van der Waals surface area contributed by atoms with Gasteiger partial charge in [0.2, 0.25) is 5.95 Å². The first-order valence-electron chi connectivity index (χ1n) is 10.8. The number of nitrogens with one attached hydrogen (secondary N) is 1. The van der Waals surface area contributed by atoms with Gasteiger partial charge >= 0.3 is 6.18 Å². The lowest BCUT2D eigenvalue weighted by Gasteiger charge is -2.06. The molecule has 2 heterocycles. The van der Waals surface area contributed by atoms with E-state index in [1.807, 2.05) is 13.0 Å². The lowest BCUT2D eigenvalue weighted by molar-refractivity contribution is -0.137. The molecule has 9 heteroatoms. The van der Waals surface area contributed by atoms with Crippen molar-refractivity contribution in [3.63, 3.8) is 0 Å². The Morgan fingerprint density at radius 1 is 0.938 bits per heavy atom. The van der Waals surface area contributed by atoms with Crippen LogP contribution in [0.2, 0.25) is 0 Å². The average molecular weight is 464 g/mol. The number of benzene rings is 1. The van der Waals surface area contributed by atoms with Crippen LogP contribution in [0.15, 0.2) is 36.5 Å². The summed E-state index contributed by atoms with van der Waals surface area (Å²) in [6.45, 7) is 3.44. The Morgan fingerprint density at radius 2 is 1.62 bits per heavy atom. The molecule has 32 heavy (non-hydrogen) atoms. The molecule has 0 aliphatic rings. The third kappa shape index (κ3) is 6.74. The molecule has 3 aromatic rings. The fraction of sp³-hybridized carbons (Fsp3) is 0.435. The normalized spacial score (nSPS) is 11.7. The predicted octanol–water partition coefficient (Wildman–Crippen LogP) is 6.31. The van der Waals surface area contributed by atoms with Crippen molar-refractivity contribution < 1.29 is 13.2 Å². The fourth-order valence-corrected chi connectivity index (χ4v) is 4.35. The first kappa shape index (κ1) is 24.1. The molecule has 0 spiro atoms. The van der Waals surface area contributed by atoms with Gasteiger partial charge in [0.15, 0.2) is 0 Å². The highest BCUT2D eigenvalue weighted by molar-refractivity contribution is 7.18. The Labute approximate surface area is 190 Å². The molecule has 0 fully saturated rings. The zero-order valence-electron chi connectivity index (χ0n) is 18.1. The Balaban J connectivity index is 1.61. The van der Waals surface area contributed by atoms with Crippen molar-refractivity contribution in [3.05, 3.63) is 47.8 Å².